The summed E-state index contributed by atoms with van der Waals surface area (Å²) in [5, 5.41) is 5.41. The zero-order valence-corrected chi connectivity index (χ0v) is 14.7. The molecule has 2 rings (SSSR count). The van der Waals surface area contributed by atoms with E-state index in [0.717, 1.165) is 11.1 Å². The molecule has 1 aromatic heterocycles. The lowest BCUT2D eigenvalue weighted by atomic mass is 10.1. The molecule has 1 atom stereocenters. The van der Waals surface area contributed by atoms with E-state index in [1.165, 1.54) is 6.26 Å². The normalized spacial score (nSPS) is 12.0. The van der Waals surface area contributed by atoms with Gasteiger partial charge in [0.25, 0.3) is 5.91 Å². The molecule has 0 saturated carbocycles. The summed E-state index contributed by atoms with van der Waals surface area (Å²) < 4.78 is 10.6. The zero-order valence-electron chi connectivity index (χ0n) is 14.7. The molecule has 0 saturated heterocycles. The molecule has 2 amide bonds. The first kappa shape index (κ1) is 18.7. The Bertz CT molecular complexity index is 695. The highest BCUT2D eigenvalue weighted by atomic mass is 16.5. The van der Waals surface area contributed by atoms with E-state index in [1.54, 1.807) is 19.1 Å². The Kier molecular flexibility index (Phi) is 6.77. The minimum atomic E-state index is -0.662. The maximum Gasteiger partial charge on any atom is 0.287 e. The summed E-state index contributed by atoms with van der Waals surface area (Å²) >= 11 is 0. The summed E-state index contributed by atoms with van der Waals surface area (Å²) in [4.78, 5) is 24.0. The number of ether oxygens (including phenoxy) is 1. The van der Waals surface area contributed by atoms with Gasteiger partial charge < -0.3 is 19.8 Å². The monoisotopic (exact) mass is 344 g/mol. The van der Waals surface area contributed by atoms with Crippen molar-refractivity contribution in [2.45, 2.75) is 46.1 Å². The average Bonchev–Trinajstić information content (AvgIpc) is 3.13. The molecule has 0 aliphatic heterocycles. The number of benzene rings is 1. The standard InChI is InChI=1S/C19H24N2O4/c1-13(2)25-12-16-7-4-6-15(10-16)11-20-18(22)14(3)21-19(23)17-8-5-9-24-17/h4-10,13-14H,11-12H2,1-3H3,(H,20,22)(H,21,23). The van der Waals surface area contributed by atoms with Gasteiger partial charge in [-0.3, -0.25) is 9.59 Å². The summed E-state index contributed by atoms with van der Waals surface area (Å²) in [5.41, 5.74) is 2.03. The second-order valence-corrected chi connectivity index (χ2v) is 6.07. The molecule has 6 heteroatoms. The molecule has 0 radical (unpaired) electrons. The summed E-state index contributed by atoms with van der Waals surface area (Å²) in [6.45, 7) is 6.53. The molecule has 0 bridgehead atoms. The van der Waals surface area contributed by atoms with Crippen LogP contribution in [-0.2, 0) is 22.7 Å². The van der Waals surface area contributed by atoms with E-state index in [2.05, 4.69) is 10.6 Å². The van der Waals surface area contributed by atoms with Gasteiger partial charge in [0.2, 0.25) is 5.91 Å². The summed E-state index contributed by atoms with van der Waals surface area (Å²) in [7, 11) is 0. The highest BCUT2D eigenvalue weighted by Crippen LogP contribution is 2.08. The van der Waals surface area contributed by atoms with E-state index in [-0.39, 0.29) is 17.8 Å². The molecule has 2 N–H and O–H groups in total. The van der Waals surface area contributed by atoms with Crippen LogP contribution < -0.4 is 10.6 Å². The lowest BCUT2D eigenvalue weighted by Gasteiger charge is -2.14. The van der Waals surface area contributed by atoms with E-state index in [1.807, 2.05) is 38.1 Å². The van der Waals surface area contributed by atoms with Crippen LogP contribution >= 0.6 is 0 Å². The Labute approximate surface area is 147 Å². The Balaban J connectivity index is 1.82. The molecule has 0 spiro atoms. The molecule has 2 aromatic rings. The van der Waals surface area contributed by atoms with E-state index < -0.39 is 11.9 Å². The van der Waals surface area contributed by atoms with Gasteiger partial charge in [-0.1, -0.05) is 24.3 Å². The third kappa shape index (κ3) is 6.08. The summed E-state index contributed by atoms with van der Waals surface area (Å²) in [6, 6.07) is 10.4. The molecular weight excluding hydrogens is 320 g/mol. The van der Waals surface area contributed by atoms with Crippen LogP contribution in [0.15, 0.2) is 47.1 Å². The first-order chi connectivity index (χ1) is 12.0. The molecule has 0 aliphatic rings. The van der Waals surface area contributed by atoms with Crippen LogP contribution in [0.3, 0.4) is 0 Å². The van der Waals surface area contributed by atoms with Crippen molar-refractivity contribution in [1.29, 1.82) is 0 Å². The highest BCUT2D eigenvalue weighted by Gasteiger charge is 2.17. The quantitative estimate of drug-likeness (QED) is 0.771. The van der Waals surface area contributed by atoms with Gasteiger partial charge in [0, 0.05) is 6.54 Å². The predicted octanol–water partition coefficient (Wildman–Crippen LogP) is 2.64. The van der Waals surface area contributed by atoms with Gasteiger partial charge in [0.05, 0.1) is 19.0 Å². The van der Waals surface area contributed by atoms with Gasteiger partial charge in [-0.2, -0.15) is 0 Å². The molecule has 1 unspecified atom stereocenters. The summed E-state index contributed by atoms with van der Waals surface area (Å²) in [6.07, 6.45) is 1.58. The fourth-order valence-electron chi connectivity index (χ4n) is 2.18. The number of carbonyl (C=O) groups is 2. The van der Waals surface area contributed by atoms with E-state index in [9.17, 15) is 9.59 Å². The van der Waals surface area contributed by atoms with Crippen LogP contribution in [0.4, 0.5) is 0 Å². The van der Waals surface area contributed by atoms with Crippen molar-refractivity contribution >= 4 is 11.8 Å². The second kappa shape index (κ2) is 9.03. The number of nitrogens with one attached hydrogen (secondary N) is 2. The van der Waals surface area contributed by atoms with Crippen molar-refractivity contribution in [3.63, 3.8) is 0 Å². The lowest BCUT2D eigenvalue weighted by Crippen LogP contribution is -2.44. The van der Waals surface area contributed by atoms with Crippen molar-refractivity contribution in [3.8, 4) is 0 Å². The molecule has 1 heterocycles. The lowest BCUT2D eigenvalue weighted by molar-refractivity contribution is -0.122. The molecule has 1 aromatic carbocycles. The first-order valence-corrected chi connectivity index (χ1v) is 8.27. The number of hydrogen-bond acceptors (Lipinski definition) is 4. The van der Waals surface area contributed by atoms with Crippen LogP contribution in [0, 0.1) is 0 Å². The van der Waals surface area contributed by atoms with Crippen molar-refractivity contribution in [2.24, 2.45) is 0 Å². The number of furan rings is 1. The van der Waals surface area contributed by atoms with Gasteiger partial charge in [0.15, 0.2) is 5.76 Å². The molecule has 0 fully saturated rings. The minimum absolute atomic E-state index is 0.169. The van der Waals surface area contributed by atoms with Crippen LogP contribution in [0.2, 0.25) is 0 Å². The third-order valence-corrected chi connectivity index (χ3v) is 3.53. The molecule has 6 nitrogen and oxygen atoms in total. The van der Waals surface area contributed by atoms with Crippen molar-refractivity contribution in [1.82, 2.24) is 10.6 Å². The zero-order chi connectivity index (χ0) is 18.2. The molecule has 0 aliphatic carbocycles. The fourth-order valence-corrected chi connectivity index (χ4v) is 2.18. The van der Waals surface area contributed by atoms with Crippen molar-refractivity contribution in [3.05, 3.63) is 59.5 Å². The maximum atomic E-state index is 12.1. The molecular formula is C19H24N2O4. The number of rotatable bonds is 8. The average molecular weight is 344 g/mol. The SMILES string of the molecule is CC(C)OCc1cccc(CNC(=O)C(C)NC(=O)c2ccco2)c1. The van der Waals surface area contributed by atoms with Crippen LogP contribution in [0.5, 0.6) is 0 Å². The first-order valence-electron chi connectivity index (χ1n) is 8.27. The summed E-state index contributed by atoms with van der Waals surface area (Å²) in [5.74, 6) is -0.498. The predicted molar refractivity (Wildman–Crippen MR) is 93.8 cm³/mol. The van der Waals surface area contributed by atoms with Crippen LogP contribution in [0.1, 0.15) is 42.5 Å². The van der Waals surface area contributed by atoms with Gasteiger partial charge in [-0.05, 0) is 44.0 Å². The van der Waals surface area contributed by atoms with E-state index >= 15 is 0 Å². The third-order valence-electron chi connectivity index (χ3n) is 3.53. The Morgan fingerprint density at radius 1 is 1.12 bits per heavy atom. The number of carbonyl (C=O) groups excluding carboxylic acids is 2. The van der Waals surface area contributed by atoms with E-state index in [0.29, 0.717) is 13.2 Å². The highest BCUT2D eigenvalue weighted by molar-refractivity contribution is 5.95. The minimum Gasteiger partial charge on any atom is -0.459 e. The van der Waals surface area contributed by atoms with Gasteiger partial charge in [0.1, 0.15) is 6.04 Å². The Hall–Kier alpha value is -2.60. The van der Waals surface area contributed by atoms with Crippen molar-refractivity contribution < 1.29 is 18.7 Å². The maximum absolute atomic E-state index is 12.1. The molecule has 134 valence electrons. The Morgan fingerprint density at radius 3 is 2.56 bits per heavy atom. The number of hydrogen-bond donors (Lipinski definition) is 2. The fraction of sp³-hybridized carbons (Fsp3) is 0.368. The van der Waals surface area contributed by atoms with Crippen LogP contribution in [-0.4, -0.2) is 24.0 Å². The van der Waals surface area contributed by atoms with Gasteiger partial charge in [-0.25, -0.2) is 0 Å². The Morgan fingerprint density at radius 2 is 1.88 bits per heavy atom. The second-order valence-electron chi connectivity index (χ2n) is 6.07. The smallest absolute Gasteiger partial charge is 0.287 e. The van der Waals surface area contributed by atoms with Gasteiger partial charge in [-0.15, -0.1) is 0 Å². The topological polar surface area (TPSA) is 80.6 Å². The van der Waals surface area contributed by atoms with E-state index in [4.69, 9.17) is 9.15 Å². The van der Waals surface area contributed by atoms with Gasteiger partial charge >= 0.3 is 0 Å². The molecule has 25 heavy (non-hydrogen) atoms. The number of amides is 2. The van der Waals surface area contributed by atoms with Crippen molar-refractivity contribution in [2.75, 3.05) is 0 Å². The van der Waals surface area contributed by atoms with Crippen LogP contribution in [0.25, 0.3) is 0 Å². The largest absolute Gasteiger partial charge is 0.459 e.